The van der Waals surface area contributed by atoms with E-state index in [4.69, 9.17) is 16.7 Å². The van der Waals surface area contributed by atoms with Crippen molar-refractivity contribution in [2.75, 3.05) is 5.32 Å². The molecule has 0 fully saturated rings. The van der Waals surface area contributed by atoms with Crippen molar-refractivity contribution in [2.45, 2.75) is 20.3 Å². The molecular formula is C13H14ClFN2O4. The predicted octanol–water partition coefficient (Wildman–Crippen LogP) is 2.63. The molecule has 1 rings (SSSR count). The summed E-state index contributed by atoms with van der Waals surface area (Å²) in [5.74, 6) is -2.56. The SMILES string of the molecule is CC(C)(CC(=O)NC(=O)Nc1cc(F)cc(Cl)c1)C(=O)O. The van der Waals surface area contributed by atoms with Gasteiger partial charge in [0.1, 0.15) is 5.82 Å². The van der Waals surface area contributed by atoms with E-state index in [1.807, 2.05) is 5.32 Å². The third-order valence-corrected chi connectivity index (χ3v) is 2.77. The zero-order valence-electron chi connectivity index (χ0n) is 11.4. The highest BCUT2D eigenvalue weighted by Crippen LogP contribution is 2.20. The first kappa shape index (κ1) is 16.9. The Hall–Kier alpha value is -2.15. The van der Waals surface area contributed by atoms with Gasteiger partial charge in [-0.05, 0) is 32.0 Å². The van der Waals surface area contributed by atoms with Gasteiger partial charge in [-0.15, -0.1) is 0 Å². The Morgan fingerprint density at radius 1 is 1.29 bits per heavy atom. The van der Waals surface area contributed by atoms with Crippen molar-refractivity contribution in [1.82, 2.24) is 5.32 Å². The number of nitrogens with one attached hydrogen (secondary N) is 2. The Morgan fingerprint density at radius 3 is 2.43 bits per heavy atom. The molecule has 0 saturated heterocycles. The molecule has 114 valence electrons. The third kappa shape index (κ3) is 5.39. The van der Waals surface area contributed by atoms with Crippen molar-refractivity contribution in [3.63, 3.8) is 0 Å². The molecule has 0 atom stereocenters. The molecule has 0 radical (unpaired) electrons. The van der Waals surface area contributed by atoms with Gasteiger partial charge < -0.3 is 10.4 Å². The Kier molecular flexibility index (Phi) is 5.26. The van der Waals surface area contributed by atoms with Crippen molar-refractivity contribution < 1.29 is 23.9 Å². The van der Waals surface area contributed by atoms with Crippen LogP contribution in [0.1, 0.15) is 20.3 Å². The van der Waals surface area contributed by atoms with Gasteiger partial charge in [0.05, 0.1) is 5.41 Å². The van der Waals surface area contributed by atoms with Gasteiger partial charge in [-0.2, -0.15) is 0 Å². The molecule has 8 heteroatoms. The van der Waals surface area contributed by atoms with Crippen LogP contribution < -0.4 is 10.6 Å². The summed E-state index contributed by atoms with van der Waals surface area (Å²) < 4.78 is 13.1. The highest BCUT2D eigenvalue weighted by Gasteiger charge is 2.30. The van der Waals surface area contributed by atoms with E-state index in [1.54, 1.807) is 0 Å². The maximum absolute atomic E-state index is 13.1. The minimum atomic E-state index is -1.30. The molecule has 0 aliphatic heterocycles. The number of imide groups is 1. The number of carbonyl (C=O) groups is 3. The molecule has 0 spiro atoms. The lowest BCUT2D eigenvalue weighted by atomic mass is 9.89. The normalized spacial score (nSPS) is 10.9. The summed E-state index contributed by atoms with van der Waals surface area (Å²) >= 11 is 5.62. The number of carboxylic acids is 1. The fraction of sp³-hybridized carbons (Fsp3) is 0.308. The van der Waals surface area contributed by atoms with Gasteiger partial charge in [0, 0.05) is 17.1 Å². The number of amides is 3. The Balaban J connectivity index is 2.61. The van der Waals surface area contributed by atoms with E-state index in [0.717, 1.165) is 12.1 Å². The zero-order valence-corrected chi connectivity index (χ0v) is 12.1. The van der Waals surface area contributed by atoms with Crippen LogP contribution in [0.25, 0.3) is 0 Å². The van der Waals surface area contributed by atoms with Crippen molar-refractivity contribution in [1.29, 1.82) is 0 Å². The van der Waals surface area contributed by atoms with Gasteiger partial charge in [0.15, 0.2) is 0 Å². The van der Waals surface area contributed by atoms with E-state index < -0.39 is 29.1 Å². The summed E-state index contributed by atoms with van der Waals surface area (Å²) in [6.07, 6.45) is -0.375. The molecule has 3 N–H and O–H groups in total. The topological polar surface area (TPSA) is 95.5 Å². The van der Waals surface area contributed by atoms with Gasteiger partial charge in [-0.3, -0.25) is 14.9 Å². The first-order valence-corrected chi connectivity index (χ1v) is 6.28. The monoisotopic (exact) mass is 316 g/mol. The van der Waals surface area contributed by atoms with Crippen LogP contribution in [0.3, 0.4) is 0 Å². The molecule has 3 amide bonds. The molecule has 0 saturated carbocycles. The van der Waals surface area contributed by atoms with Gasteiger partial charge in [0.2, 0.25) is 5.91 Å². The fourth-order valence-corrected chi connectivity index (χ4v) is 1.66. The number of urea groups is 1. The minimum Gasteiger partial charge on any atom is -0.481 e. The number of carbonyl (C=O) groups excluding carboxylic acids is 2. The summed E-state index contributed by atoms with van der Waals surface area (Å²) in [7, 11) is 0. The van der Waals surface area contributed by atoms with Crippen molar-refractivity contribution in [3.05, 3.63) is 29.0 Å². The summed E-state index contributed by atoms with van der Waals surface area (Å²) in [5, 5.41) is 13.2. The number of hydrogen-bond acceptors (Lipinski definition) is 3. The highest BCUT2D eigenvalue weighted by molar-refractivity contribution is 6.30. The van der Waals surface area contributed by atoms with E-state index in [0.29, 0.717) is 0 Å². The van der Waals surface area contributed by atoms with Gasteiger partial charge in [-0.25, -0.2) is 9.18 Å². The third-order valence-electron chi connectivity index (χ3n) is 2.55. The first-order valence-electron chi connectivity index (χ1n) is 5.90. The quantitative estimate of drug-likeness (QED) is 0.795. The van der Waals surface area contributed by atoms with E-state index in [9.17, 15) is 18.8 Å². The summed E-state index contributed by atoms with van der Waals surface area (Å²) in [6.45, 7) is 2.72. The lowest BCUT2D eigenvalue weighted by Crippen LogP contribution is -2.38. The summed E-state index contributed by atoms with van der Waals surface area (Å²) in [5.41, 5.74) is -1.23. The first-order chi connectivity index (χ1) is 9.60. The van der Waals surface area contributed by atoms with Crippen LogP contribution in [0.15, 0.2) is 18.2 Å². The maximum Gasteiger partial charge on any atom is 0.325 e. The highest BCUT2D eigenvalue weighted by atomic mass is 35.5. The molecule has 0 aliphatic carbocycles. The lowest BCUT2D eigenvalue weighted by molar-refractivity contribution is -0.149. The van der Waals surface area contributed by atoms with E-state index >= 15 is 0 Å². The van der Waals surface area contributed by atoms with Crippen molar-refractivity contribution in [3.8, 4) is 0 Å². The standard InChI is InChI=1S/C13H14ClFN2O4/c1-13(2,11(19)20)6-10(18)17-12(21)16-9-4-7(14)3-8(15)5-9/h3-5H,6H2,1-2H3,(H,19,20)(H2,16,17,18,21). The second-order valence-corrected chi connectivity index (χ2v) is 5.46. The molecule has 0 heterocycles. The molecule has 0 aromatic heterocycles. The van der Waals surface area contributed by atoms with E-state index in [-0.39, 0.29) is 17.1 Å². The fourth-order valence-electron chi connectivity index (χ4n) is 1.44. The molecular weight excluding hydrogens is 303 g/mol. The average molecular weight is 317 g/mol. The van der Waals surface area contributed by atoms with Crippen LogP contribution in [-0.4, -0.2) is 23.0 Å². The lowest BCUT2D eigenvalue weighted by Gasteiger charge is -2.17. The molecule has 6 nitrogen and oxygen atoms in total. The van der Waals surface area contributed by atoms with E-state index in [1.165, 1.54) is 19.9 Å². The number of halogens is 2. The van der Waals surface area contributed by atoms with Crippen LogP contribution in [0.5, 0.6) is 0 Å². The molecule has 1 aromatic rings. The number of carboxylic acid groups (broad SMARTS) is 1. The second-order valence-electron chi connectivity index (χ2n) is 5.03. The van der Waals surface area contributed by atoms with Crippen molar-refractivity contribution in [2.24, 2.45) is 5.41 Å². The summed E-state index contributed by atoms with van der Waals surface area (Å²) in [6, 6.07) is 2.49. The van der Waals surface area contributed by atoms with Gasteiger partial charge in [0.25, 0.3) is 0 Å². The van der Waals surface area contributed by atoms with Crippen LogP contribution in [0, 0.1) is 11.2 Å². The maximum atomic E-state index is 13.1. The second kappa shape index (κ2) is 6.53. The van der Waals surface area contributed by atoms with Crippen molar-refractivity contribution >= 4 is 35.2 Å². The Bertz CT molecular complexity index is 569. The van der Waals surface area contributed by atoms with Crippen LogP contribution in [0.2, 0.25) is 5.02 Å². The number of rotatable bonds is 4. The number of aliphatic carboxylic acids is 1. The Morgan fingerprint density at radius 2 is 1.90 bits per heavy atom. The van der Waals surface area contributed by atoms with Gasteiger partial charge in [-0.1, -0.05) is 11.6 Å². The molecule has 1 aromatic carbocycles. The zero-order chi connectivity index (χ0) is 16.2. The summed E-state index contributed by atoms with van der Waals surface area (Å²) in [4.78, 5) is 34.0. The largest absolute Gasteiger partial charge is 0.481 e. The van der Waals surface area contributed by atoms with Crippen LogP contribution in [-0.2, 0) is 9.59 Å². The smallest absolute Gasteiger partial charge is 0.325 e. The average Bonchev–Trinajstić information content (AvgIpc) is 2.25. The predicted molar refractivity (Wildman–Crippen MR) is 74.6 cm³/mol. The van der Waals surface area contributed by atoms with Crippen LogP contribution >= 0.6 is 11.6 Å². The molecule has 21 heavy (non-hydrogen) atoms. The molecule has 0 aliphatic rings. The number of hydrogen-bond donors (Lipinski definition) is 3. The van der Waals surface area contributed by atoms with Gasteiger partial charge >= 0.3 is 12.0 Å². The Labute approximate surface area is 125 Å². The molecule has 0 bridgehead atoms. The number of anilines is 1. The van der Waals surface area contributed by atoms with Crippen LogP contribution in [0.4, 0.5) is 14.9 Å². The van der Waals surface area contributed by atoms with E-state index in [2.05, 4.69) is 5.32 Å². The number of benzene rings is 1. The molecule has 0 unspecified atom stereocenters. The minimum absolute atomic E-state index is 0.0720.